The molecular formula is C10H15NS. The van der Waals surface area contributed by atoms with E-state index in [1.807, 2.05) is 25.6 Å². The van der Waals surface area contributed by atoms with Gasteiger partial charge in [0.15, 0.2) is 0 Å². The van der Waals surface area contributed by atoms with Gasteiger partial charge < -0.3 is 5.32 Å². The number of hydrogen-bond acceptors (Lipinski definition) is 2. The van der Waals surface area contributed by atoms with Crippen LogP contribution in [0.5, 0.6) is 0 Å². The Labute approximate surface area is 78.6 Å². The Morgan fingerprint density at radius 3 is 2.83 bits per heavy atom. The van der Waals surface area contributed by atoms with Crippen LogP contribution in [0, 0.1) is 0 Å². The predicted molar refractivity (Wildman–Crippen MR) is 56.9 cm³/mol. The summed E-state index contributed by atoms with van der Waals surface area (Å²) in [6, 6.07) is 0. The summed E-state index contributed by atoms with van der Waals surface area (Å²) < 4.78 is 0. The van der Waals surface area contributed by atoms with Gasteiger partial charge in [0.05, 0.1) is 5.88 Å². The number of hydrogen-bond donors (Lipinski definition) is 1. The molecule has 2 rings (SSSR count). The van der Waals surface area contributed by atoms with E-state index in [9.17, 15) is 0 Å². The van der Waals surface area contributed by atoms with Crippen molar-refractivity contribution in [2.24, 2.45) is 0 Å². The predicted octanol–water partition coefficient (Wildman–Crippen LogP) is 3.03. The van der Waals surface area contributed by atoms with Crippen molar-refractivity contribution < 1.29 is 0 Å². The fourth-order valence-electron chi connectivity index (χ4n) is 1.07. The quantitative estimate of drug-likeness (QED) is 0.616. The maximum absolute atomic E-state index is 3.30. The van der Waals surface area contributed by atoms with Crippen molar-refractivity contribution in [3.63, 3.8) is 0 Å². The highest BCUT2D eigenvalue weighted by Crippen LogP contribution is 2.27. The van der Waals surface area contributed by atoms with Crippen LogP contribution in [-0.2, 0) is 0 Å². The van der Waals surface area contributed by atoms with Crippen molar-refractivity contribution in [2.45, 2.75) is 20.3 Å². The van der Waals surface area contributed by atoms with Crippen molar-refractivity contribution in [3.8, 4) is 0 Å². The van der Waals surface area contributed by atoms with E-state index in [0.717, 1.165) is 12.3 Å². The average Bonchev–Trinajstić information content (AvgIpc) is 2.46. The molecule has 0 aromatic carbocycles. The van der Waals surface area contributed by atoms with Crippen LogP contribution in [-0.4, -0.2) is 5.88 Å². The van der Waals surface area contributed by atoms with Gasteiger partial charge in [0.25, 0.3) is 0 Å². The first kappa shape index (κ1) is 9.46. The summed E-state index contributed by atoms with van der Waals surface area (Å²) in [5.41, 5.74) is 1.29. The van der Waals surface area contributed by atoms with Gasteiger partial charge in [-0.1, -0.05) is 32.1 Å². The molecule has 66 valence electrons. The van der Waals surface area contributed by atoms with E-state index in [-0.39, 0.29) is 0 Å². The standard InChI is InChI=1S/C8H9NS.C2H6/c1-2-4-7-8(5-3-1)10-6-9-7;1-2/h2-5,9H,1,6H2;1-2H3. The van der Waals surface area contributed by atoms with Gasteiger partial charge in [-0.15, -0.1) is 11.8 Å². The minimum atomic E-state index is 1.03. The summed E-state index contributed by atoms with van der Waals surface area (Å²) in [5, 5.41) is 3.30. The van der Waals surface area contributed by atoms with Crippen LogP contribution in [0.2, 0.25) is 0 Å². The molecule has 0 saturated heterocycles. The topological polar surface area (TPSA) is 12.0 Å². The first-order chi connectivity index (χ1) is 5.97. The second-order valence-electron chi connectivity index (χ2n) is 2.28. The Bertz CT molecular complexity index is 204. The minimum absolute atomic E-state index is 1.03. The minimum Gasteiger partial charge on any atom is -0.375 e. The van der Waals surface area contributed by atoms with Crippen LogP contribution in [0.25, 0.3) is 0 Å². The molecule has 0 fully saturated rings. The lowest BCUT2D eigenvalue weighted by molar-refractivity contribution is 1.02. The van der Waals surface area contributed by atoms with E-state index in [1.54, 1.807) is 0 Å². The molecular weight excluding hydrogens is 166 g/mol. The van der Waals surface area contributed by atoms with Crippen LogP contribution in [0.15, 0.2) is 34.9 Å². The van der Waals surface area contributed by atoms with Gasteiger partial charge >= 0.3 is 0 Å². The molecule has 1 aliphatic carbocycles. The zero-order valence-electron chi connectivity index (χ0n) is 7.63. The van der Waals surface area contributed by atoms with E-state index < -0.39 is 0 Å². The number of rotatable bonds is 0. The zero-order valence-corrected chi connectivity index (χ0v) is 8.45. The summed E-state index contributed by atoms with van der Waals surface area (Å²) in [6.45, 7) is 4.00. The second kappa shape index (κ2) is 5.09. The molecule has 1 aliphatic heterocycles. The van der Waals surface area contributed by atoms with Gasteiger partial charge in [0, 0.05) is 10.6 Å². The molecule has 0 saturated carbocycles. The monoisotopic (exact) mass is 181 g/mol. The Hall–Kier alpha value is -0.630. The Morgan fingerprint density at radius 1 is 1.25 bits per heavy atom. The fraction of sp³-hybridized carbons (Fsp3) is 0.400. The van der Waals surface area contributed by atoms with Crippen molar-refractivity contribution in [2.75, 3.05) is 5.88 Å². The van der Waals surface area contributed by atoms with E-state index in [1.165, 1.54) is 10.6 Å². The van der Waals surface area contributed by atoms with Gasteiger partial charge in [0.2, 0.25) is 0 Å². The third kappa shape index (κ3) is 2.18. The molecule has 1 N–H and O–H groups in total. The smallest absolute Gasteiger partial charge is 0.0658 e. The third-order valence-electron chi connectivity index (χ3n) is 1.58. The number of thioether (sulfide) groups is 1. The number of allylic oxidation sites excluding steroid dienone is 4. The van der Waals surface area contributed by atoms with Crippen molar-refractivity contribution in [3.05, 3.63) is 34.9 Å². The molecule has 2 aliphatic rings. The van der Waals surface area contributed by atoms with Gasteiger partial charge in [-0.05, 0) is 12.5 Å². The normalized spacial score (nSPS) is 19.2. The van der Waals surface area contributed by atoms with Crippen LogP contribution in [0.1, 0.15) is 20.3 Å². The van der Waals surface area contributed by atoms with E-state index >= 15 is 0 Å². The molecule has 0 aromatic heterocycles. The summed E-state index contributed by atoms with van der Waals surface area (Å²) in [7, 11) is 0. The molecule has 0 unspecified atom stereocenters. The second-order valence-corrected chi connectivity index (χ2v) is 3.30. The largest absolute Gasteiger partial charge is 0.375 e. The first-order valence-corrected chi connectivity index (χ1v) is 5.39. The van der Waals surface area contributed by atoms with Gasteiger partial charge in [-0.3, -0.25) is 0 Å². The van der Waals surface area contributed by atoms with E-state index in [0.29, 0.717) is 0 Å². The Morgan fingerprint density at radius 2 is 2.00 bits per heavy atom. The molecule has 2 heteroatoms. The lowest BCUT2D eigenvalue weighted by Crippen LogP contribution is -2.03. The average molecular weight is 181 g/mol. The molecule has 0 spiro atoms. The van der Waals surface area contributed by atoms with Crippen molar-refractivity contribution in [1.29, 1.82) is 0 Å². The molecule has 0 atom stereocenters. The highest BCUT2D eigenvalue weighted by Gasteiger charge is 2.09. The maximum Gasteiger partial charge on any atom is 0.0658 e. The van der Waals surface area contributed by atoms with Crippen molar-refractivity contribution >= 4 is 11.8 Å². The SMILES string of the molecule is C1=CC2=C(C=CC1)SCN2.CC. The van der Waals surface area contributed by atoms with Crippen LogP contribution >= 0.6 is 11.8 Å². The van der Waals surface area contributed by atoms with Crippen LogP contribution in [0.3, 0.4) is 0 Å². The molecule has 0 aromatic rings. The highest BCUT2D eigenvalue weighted by molar-refractivity contribution is 8.03. The van der Waals surface area contributed by atoms with Gasteiger partial charge in [-0.2, -0.15) is 0 Å². The molecule has 1 nitrogen and oxygen atoms in total. The van der Waals surface area contributed by atoms with Crippen molar-refractivity contribution in [1.82, 2.24) is 5.32 Å². The first-order valence-electron chi connectivity index (χ1n) is 4.41. The zero-order chi connectivity index (χ0) is 8.81. The maximum atomic E-state index is 3.30. The third-order valence-corrected chi connectivity index (χ3v) is 2.54. The van der Waals surface area contributed by atoms with Crippen LogP contribution in [0.4, 0.5) is 0 Å². The summed E-state index contributed by atoms with van der Waals surface area (Å²) >= 11 is 1.87. The van der Waals surface area contributed by atoms with Gasteiger partial charge in [0.1, 0.15) is 0 Å². The van der Waals surface area contributed by atoms with Gasteiger partial charge in [-0.25, -0.2) is 0 Å². The van der Waals surface area contributed by atoms with Crippen LogP contribution < -0.4 is 5.32 Å². The molecule has 1 heterocycles. The Kier molecular flexibility index (Phi) is 4.01. The molecule has 0 amide bonds. The Balaban J connectivity index is 0.000000336. The molecule has 12 heavy (non-hydrogen) atoms. The summed E-state index contributed by atoms with van der Waals surface area (Å²) in [5.74, 6) is 1.03. The number of nitrogens with one attached hydrogen (secondary N) is 1. The lowest BCUT2D eigenvalue weighted by atomic mass is 10.3. The summed E-state index contributed by atoms with van der Waals surface area (Å²) in [6.07, 6.45) is 9.79. The molecule has 0 bridgehead atoms. The van der Waals surface area contributed by atoms with E-state index in [4.69, 9.17) is 0 Å². The summed E-state index contributed by atoms with van der Waals surface area (Å²) in [4.78, 5) is 1.38. The fourth-order valence-corrected chi connectivity index (χ4v) is 1.95. The highest BCUT2D eigenvalue weighted by atomic mass is 32.2. The van der Waals surface area contributed by atoms with E-state index in [2.05, 4.69) is 29.6 Å². The lowest BCUT2D eigenvalue weighted by Gasteiger charge is -1.92. The molecule has 0 radical (unpaired) electrons.